The maximum Gasteiger partial charge on any atom is 0.0921 e. The zero-order chi connectivity index (χ0) is 8.15. The molecule has 0 aromatic heterocycles. The summed E-state index contributed by atoms with van der Waals surface area (Å²) in [7, 11) is 4.02. The predicted molar refractivity (Wildman–Crippen MR) is 44.3 cm³/mol. The lowest BCUT2D eigenvalue weighted by atomic mass is 10.1. The average molecular weight is 143 g/mol. The van der Waals surface area contributed by atoms with E-state index in [1.807, 2.05) is 14.1 Å². The highest BCUT2D eigenvalue weighted by Crippen LogP contribution is 2.02. The van der Waals surface area contributed by atoms with Gasteiger partial charge < -0.3 is 10.6 Å². The molecule has 0 fully saturated rings. The zero-order valence-electron chi connectivity index (χ0n) is 7.02. The fraction of sp³-hybridized carbons (Fsp3) is 0.857. The predicted octanol–water partition coefficient (Wildman–Crippen LogP) is 0.653. The molecule has 0 aliphatic rings. The van der Waals surface area contributed by atoms with Gasteiger partial charge in [0.25, 0.3) is 0 Å². The maximum absolute atomic E-state index is 7.07. The van der Waals surface area contributed by atoms with Crippen molar-refractivity contribution in [2.75, 3.05) is 14.1 Å². The number of nitrogens with zero attached hydrogens (tertiary/aromatic N) is 1. The Morgan fingerprint density at radius 1 is 1.60 bits per heavy atom. The van der Waals surface area contributed by atoms with Crippen LogP contribution >= 0.6 is 0 Å². The maximum atomic E-state index is 7.07. The van der Waals surface area contributed by atoms with Crippen LogP contribution in [0.25, 0.3) is 0 Å². The van der Waals surface area contributed by atoms with E-state index < -0.39 is 0 Å². The molecule has 1 atom stereocenters. The van der Waals surface area contributed by atoms with E-state index in [0.717, 1.165) is 6.42 Å². The summed E-state index contributed by atoms with van der Waals surface area (Å²) in [5.41, 5.74) is 5.26. The number of rotatable bonds is 4. The number of amidine groups is 1. The van der Waals surface area contributed by atoms with Gasteiger partial charge in [0.2, 0.25) is 0 Å². The van der Waals surface area contributed by atoms with Crippen LogP contribution in [0.15, 0.2) is 0 Å². The number of hydrogen-bond acceptors (Lipinski definition) is 2. The first-order valence-corrected chi connectivity index (χ1v) is 3.57. The first-order valence-electron chi connectivity index (χ1n) is 3.57. The molecule has 0 rings (SSSR count). The van der Waals surface area contributed by atoms with Gasteiger partial charge in [-0.3, -0.25) is 5.41 Å². The Kier molecular flexibility index (Phi) is 4.03. The van der Waals surface area contributed by atoms with Crippen molar-refractivity contribution in [1.29, 1.82) is 5.41 Å². The van der Waals surface area contributed by atoms with Crippen LogP contribution in [-0.4, -0.2) is 30.9 Å². The van der Waals surface area contributed by atoms with Crippen molar-refractivity contribution in [2.24, 2.45) is 5.73 Å². The van der Waals surface area contributed by atoms with Gasteiger partial charge in [-0.25, -0.2) is 0 Å². The third-order valence-electron chi connectivity index (χ3n) is 1.66. The summed E-state index contributed by atoms with van der Waals surface area (Å²) in [5, 5.41) is 7.07. The van der Waals surface area contributed by atoms with Crippen LogP contribution in [0.5, 0.6) is 0 Å². The van der Waals surface area contributed by atoms with Gasteiger partial charge in [-0.05, 0) is 20.5 Å². The van der Waals surface area contributed by atoms with Crippen LogP contribution in [-0.2, 0) is 0 Å². The molecule has 0 radical (unpaired) electrons. The van der Waals surface area contributed by atoms with Gasteiger partial charge in [-0.1, -0.05) is 6.92 Å². The molecule has 0 spiro atoms. The second-order valence-corrected chi connectivity index (χ2v) is 2.76. The molecule has 0 saturated carbocycles. The summed E-state index contributed by atoms with van der Waals surface area (Å²) in [6.45, 7) is 2.10. The van der Waals surface area contributed by atoms with Gasteiger partial charge >= 0.3 is 0 Å². The van der Waals surface area contributed by atoms with Crippen molar-refractivity contribution in [3.8, 4) is 0 Å². The molecule has 3 N–H and O–H groups in total. The summed E-state index contributed by atoms with van der Waals surface area (Å²) in [6, 6.07) is 0.428. The molecule has 0 heterocycles. The molecule has 0 aromatic carbocycles. The summed E-state index contributed by atoms with van der Waals surface area (Å²) >= 11 is 0. The molecule has 0 aliphatic carbocycles. The molecule has 0 bridgehead atoms. The van der Waals surface area contributed by atoms with Crippen molar-refractivity contribution in [3.05, 3.63) is 0 Å². The van der Waals surface area contributed by atoms with E-state index in [4.69, 9.17) is 11.1 Å². The summed E-state index contributed by atoms with van der Waals surface area (Å²) < 4.78 is 0. The molecular formula is C7H17N3. The van der Waals surface area contributed by atoms with E-state index in [0.29, 0.717) is 12.5 Å². The SMILES string of the molecule is CCC(CC(=N)N)N(C)C. The van der Waals surface area contributed by atoms with E-state index >= 15 is 0 Å². The monoisotopic (exact) mass is 143 g/mol. The van der Waals surface area contributed by atoms with Crippen LogP contribution in [0.4, 0.5) is 0 Å². The Morgan fingerprint density at radius 3 is 2.20 bits per heavy atom. The minimum Gasteiger partial charge on any atom is -0.388 e. The highest BCUT2D eigenvalue weighted by Gasteiger charge is 2.08. The summed E-state index contributed by atoms with van der Waals surface area (Å²) in [6.07, 6.45) is 1.73. The molecule has 0 saturated heterocycles. The minimum atomic E-state index is 0.278. The van der Waals surface area contributed by atoms with Crippen LogP contribution in [0.1, 0.15) is 19.8 Å². The van der Waals surface area contributed by atoms with Gasteiger partial charge in [0.15, 0.2) is 0 Å². The van der Waals surface area contributed by atoms with Crippen molar-refractivity contribution in [3.63, 3.8) is 0 Å². The lowest BCUT2D eigenvalue weighted by Gasteiger charge is -2.21. The highest BCUT2D eigenvalue weighted by atomic mass is 15.1. The lowest BCUT2D eigenvalue weighted by Crippen LogP contribution is -2.31. The Bertz CT molecular complexity index is 109. The molecule has 60 valence electrons. The van der Waals surface area contributed by atoms with E-state index in [-0.39, 0.29) is 5.84 Å². The highest BCUT2D eigenvalue weighted by molar-refractivity contribution is 5.77. The summed E-state index contributed by atoms with van der Waals surface area (Å²) in [5.74, 6) is 0.278. The normalized spacial score (nSPS) is 13.6. The Morgan fingerprint density at radius 2 is 2.10 bits per heavy atom. The van der Waals surface area contributed by atoms with Gasteiger partial charge in [0.1, 0.15) is 0 Å². The van der Waals surface area contributed by atoms with E-state index in [1.54, 1.807) is 0 Å². The molecular weight excluding hydrogens is 126 g/mol. The van der Waals surface area contributed by atoms with Crippen molar-refractivity contribution in [1.82, 2.24) is 4.90 Å². The molecule has 3 nitrogen and oxygen atoms in total. The molecule has 1 unspecified atom stereocenters. The van der Waals surface area contributed by atoms with Crippen molar-refractivity contribution in [2.45, 2.75) is 25.8 Å². The lowest BCUT2D eigenvalue weighted by molar-refractivity contribution is 0.292. The van der Waals surface area contributed by atoms with E-state index in [9.17, 15) is 0 Å². The Labute approximate surface area is 62.7 Å². The minimum absolute atomic E-state index is 0.278. The van der Waals surface area contributed by atoms with Crippen LogP contribution in [0.3, 0.4) is 0 Å². The van der Waals surface area contributed by atoms with Crippen LogP contribution in [0.2, 0.25) is 0 Å². The molecule has 0 aromatic rings. The van der Waals surface area contributed by atoms with Gasteiger partial charge in [-0.15, -0.1) is 0 Å². The molecule has 3 heteroatoms. The topological polar surface area (TPSA) is 53.1 Å². The third kappa shape index (κ3) is 3.45. The van der Waals surface area contributed by atoms with Crippen molar-refractivity contribution >= 4 is 5.84 Å². The zero-order valence-corrected chi connectivity index (χ0v) is 7.02. The fourth-order valence-corrected chi connectivity index (χ4v) is 0.946. The van der Waals surface area contributed by atoms with E-state index in [1.165, 1.54) is 0 Å². The second-order valence-electron chi connectivity index (χ2n) is 2.76. The first-order chi connectivity index (χ1) is 4.57. The van der Waals surface area contributed by atoms with Gasteiger partial charge in [0.05, 0.1) is 5.84 Å². The number of hydrogen-bond donors (Lipinski definition) is 2. The number of nitrogens with one attached hydrogen (secondary N) is 1. The number of nitrogens with two attached hydrogens (primary N) is 1. The second kappa shape index (κ2) is 4.28. The molecule has 10 heavy (non-hydrogen) atoms. The molecule has 0 aliphatic heterocycles. The third-order valence-corrected chi connectivity index (χ3v) is 1.66. The van der Waals surface area contributed by atoms with Crippen LogP contribution < -0.4 is 5.73 Å². The van der Waals surface area contributed by atoms with E-state index in [2.05, 4.69) is 11.8 Å². The average Bonchev–Trinajstić information content (AvgIpc) is 1.81. The first kappa shape index (κ1) is 9.43. The quantitative estimate of drug-likeness (QED) is 0.448. The molecule has 0 amide bonds. The van der Waals surface area contributed by atoms with Gasteiger partial charge in [0, 0.05) is 12.5 Å². The fourth-order valence-electron chi connectivity index (χ4n) is 0.946. The van der Waals surface area contributed by atoms with Gasteiger partial charge in [-0.2, -0.15) is 0 Å². The van der Waals surface area contributed by atoms with Crippen LogP contribution in [0, 0.1) is 5.41 Å². The standard InChI is InChI=1S/C7H17N3/c1-4-6(10(2)3)5-7(8)9/h6H,4-5H2,1-3H3,(H3,8,9). The Hall–Kier alpha value is -0.570. The Balaban J connectivity index is 3.71. The van der Waals surface area contributed by atoms with Crippen molar-refractivity contribution < 1.29 is 0 Å². The summed E-state index contributed by atoms with van der Waals surface area (Å²) in [4.78, 5) is 2.10. The largest absolute Gasteiger partial charge is 0.388 e. The smallest absolute Gasteiger partial charge is 0.0921 e.